The van der Waals surface area contributed by atoms with E-state index in [1.807, 2.05) is 0 Å². The Hall–Kier alpha value is -0.940. The van der Waals surface area contributed by atoms with Crippen molar-refractivity contribution in [2.24, 2.45) is 11.5 Å². The Morgan fingerprint density at radius 2 is 1.67 bits per heavy atom. The van der Waals surface area contributed by atoms with Gasteiger partial charge >= 0.3 is 0 Å². The van der Waals surface area contributed by atoms with Gasteiger partial charge in [-0.15, -0.1) is 0 Å². The minimum Gasteiger partial charge on any atom is -0.337 e. The van der Waals surface area contributed by atoms with Gasteiger partial charge in [0, 0.05) is 0 Å². The zero-order valence-corrected chi connectivity index (χ0v) is 8.70. The molecule has 1 heterocycles. The van der Waals surface area contributed by atoms with Crippen LogP contribution in [0.5, 0.6) is 0 Å². The summed E-state index contributed by atoms with van der Waals surface area (Å²) in [6.45, 7) is 0. The number of hydrogen-bond acceptors (Lipinski definition) is 5. The number of nitrogens with zero attached hydrogens (tertiary/aromatic N) is 2. The van der Waals surface area contributed by atoms with Crippen LogP contribution in [0.4, 0.5) is 0 Å². The molecule has 0 bridgehead atoms. The average Bonchev–Trinajstić information content (AvgIpc) is 2.74. The molecule has 3 rings (SSSR count). The van der Waals surface area contributed by atoms with Gasteiger partial charge in [0.15, 0.2) is 5.82 Å². The van der Waals surface area contributed by atoms with Crippen molar-refractivity contribution in [2.45, 2.75) is 49.6 Å². The molecule has 82 valence electrons. The molecule has 4 N–H and O–H groups in total. The van der Waals surface area contributed by atoms with Crippen molar-refractivity contribution in [3.8, 4) is 0 Å². The first-order valence-corrected chi connectivity index (χ1v) is 5.55. The second-order valence-corrected chi connectivity index (χ2v) is 4.94. The van der Waals surface area contributed by atoms with E-state index in [9.17, 15) is 0 Å². The Morgan fingerprint density at radius 3 is 2.27 bits per heavy atom. The van der Waals surface area contributed by atoms with Crippen molar-refractivity contribution in [1.82, 2.24) is 10.1 Å². The Balaban J connectivity index is 1.90. The number of rotatable bonds is 2. The lowest BCUT2D eigenvalue weighted by Crippen LogP contribution is -2.34. The van der Waals surface area contributed by atoms with Crippen molar-refractivity contribution in [2.75, 3.05) is 0 Å². The van der Waals surface area contributed by atoms with Gasteiger partial charge in [0.2, 0.25) is 5.89 Å². The van der Waals surface area contributed by atoms with Gasteiger partial charge in [-0.3, -0.25) is 0 Å². The summed E-state index contributed by atoms with van der Waals surface area (Å²) in [4.78, 5) is 4.37. The highest BCUT2D eigenvalue weighted by atomic mass is 16.5. The maximum absolute atomic E-state index is 6.23. The summed E-state index contributed by atoms with van der Waals surface area (Å²) in [7, 11) is 0. The largest absolute Gasteiger partial charge is 0.337 e. The molecule has 0 atom stereocenters. The quantitative estimate of drug-likeness (QED) is 0.748. The van der Waals surface area contributed by atoms with Crippen LogP contribution in [0.25, 0.3) is 0 Å². The van der Waals surface area contributed by atoms with E-state index in [4.69, 9.17) is 16.0 Å². The first-order chi connectivity index (χ1) is 7.12. The van der Waals surface area contributed by atoms with Crippen molar-refractivity contribution >= 4 is 0 Å². The summed E-state index contributed by atoms with van der Waals surface area (Å²) in [5.41, 5.74) is 11.5. The van der Waals surface area contributed by atoms with Crippen LogP contribution in [0.3, 0.4) is 0 Å². The van der Waals surface area contributed by atoms with Gasteiger partial charge in [0.05, 0.1) is 11.1 Å². The van der Waals surface area contributed by atoms with Crippen LogP contribution in [-0.4, -0.2) is 10.1 Å². The Bertz CT molecular complexity index is 377. The third kappa shape index (κ3) is 1.38. The molecule has 2 aliphatic carbocycles. The fourth-order valence-corrected chi connectivity index (χ4v) is 2.21. The van der Waals surface area contributed by atoms with Crippen LogP contribution in [0.15, 0.2) is 4.52 Å². The molecule has 0 aliphatic heterocycles. The Kier molecular flexibility index (Phi) is 1.73. The zero-order valence-electron chi connectivity index (χ0n) is 8.70. The molecule has 15 heavy (non-hydrogen) atoms. The first kappa shape index (κ1) is 9.30. The van der Waals surface area contributed by atoms with Crippen LogP contribution < -0.4 is 11.5 Å². The summed E-state index contributed by atoms with van der Waals surface area (Å²) in [5.74, 6) is 1.21. The van der Waals surface area contributed by atoms with E-state index >= 15 is 0 Å². The van der Waals surface area contributed by atoms with Crippen LogP contribution in [0.1, 0.15) is 50.2 Å². The third-order valence-corrected chi connectivity index (χ3v) is 3.58. The van der Waals surface area contributed by atoms with Crippen LogP contribution >= 0.6 is 0 Å². The predicted octanol–water partition coefficient (Wildman–Crippen LogP) is 0.745. The smallest absolute Gasteiger partial charge is 0.246 e. The summed E-state index contributed by atoms with van der Waals surface area (Å²) in [6, 6.07) is 0. The van der Waals surface area contributed by atoms with Gasteiger partial charge in [-0.25, -0.2) is 0 Å². The third-order valence-electron chi connectivity index (χ3n) is 3.58. The predicted molar refractivity (Wildman–Crippen MR) is 53.7 cm³/mol. The van der Waals surface area contributed by atoms with Crippen molar-refractivity contribution < 1.29 is 4.52 Å². The van der Waals surface area contributed by atoms with Gasteiger partial charge in [-0.05, 0) is 25.7 Å². The van der Waals surface area contributed by atoms with E-state index in [0.717, 1.165) is 38.5 Å². The number of nitrogens with two attached hydrogens (primary N) is 2. The second-order valence-electron chi connectivity index (χ2n) is 4.94. The number of hydrogen-bond donors (Lipinski definition) is 2. The Labute approximate surface area is 88.2 Å². The summed E-state index contributed by atoms with van der Waals surface area (Å²) < 4.78 is 5.20. The summed E-state index contributed by atoms with van der Waals surface area (Å²) >= 11 is 0. The maximum atomic E-state index is 6.23. The average molecular weight is 208 g/mol. The van der Waals surface area contributed by atoms with Crippen molar-refractivity contribution in [3.63, 3.8) is 0 Å². The minimum atomic E-state index is -0.368. The zero-order chi connectivity index (χ0) is 10.5. The van der Waals surface area contributed by atoms with E-state index in [2.05, 4.69) is 10.1 Å². The molecule has 0 radical (unpaired) electrons. The van der Waals surface area contributed by atoms with Crippen LogP contribution in [0.2, 0.25) is 0 Å². The van der Waals surface area contributed by atoms with E-state index in [1.54, 1.807) is 0 Å². The molecular formula is C10H16N4O. The van der Waals surface area contributed by atoms with E-state index in [-0.39, 0.29) is 11.1 Å². The van der Waals surface area contributed by atoms with Crippen molar-refractivity contribution in [1.29, 1.82) is 0 Å². The highest BCUT2D eigenvalue weighted by Gasteiger charge is 2.47. The minimum absolute atomic E-state index is 0.347. The lowest BCUT2D eigenvalue weighted by atomic mass is 9.99. The molecule has 0 aromatic carbocycles. The molecule has 1 aromatic rings. The van der Waals surface area contributed by atoms with Gasteiger partial charge < -0.3 is 16.0 Å². The highest BCUT2D eigenvalue weighted by Crippen LogP contribution is 2.43. The molecule has 5 nitrogen and oxygen atoms in total. The van der Waals surface area contributed by atoms with Gasteiger partial charge in [0.25, 0.3) is 0 Å². The fourth-order valence-electron chi connectivity index (χ4n) is 2.21. The lowest BCUT2D eigenvalue weighted by molar-refractivity contribution is 0.329. The second kappa shape index (κ2) is 2.80. The maximum Gasteiger partial charge on any atom is 0.246 e. The standard InChI is InChI=1S/C10H16N4O/c11-9(3-1-2-4-9)7-13-8(15-14-7)10(12)5-6-10/h1-6,11-12H2. The molecule has 0 amide bonds. The lowest BCUT2D eigenvalue weighted by Gasteiger charge is -2.17. The summed E-state index contributed by atoms with van der Waals surface area (Å²) in [5, 5.41) is 3.99. The highest BCUT2D eigenvalue weighted by molar-refractivity contribution is 5.15. The monoisotopic (exact) mass is 208 g/mol. The van der Waals surface area contributed by atoms with Crippen LogP contribution in [-0.2, 0) is 11.1 Å². The molecule has 1 aromatic heterocycles. The number of aromatic nitrogens is 2. The molecule has 2 fully saturated rings. The van der Waals surface area contributed by atoms with Gasteiger partial charge in [0.1, 0.15) is 0 Å². The molecule has 0 spiro atoms. The van der Waals surface area contributed by atoms with E-state index in [0.29, 0.717) is 11.7 Å². The SMILES string of the molecule is NC1(c2noc(C3(N)CC3)n2)CCCC1. The molecular weight excluding hydrogens is 192 g/mol. The molecule has 0 saturated heterocycles. The van der Waals surface area contributed by atoms with E-state index in [1.165, 1.54) is 0 Å². The Morgan fingerprint density at radius 1 is 1.00 bits per heavy atom. The topological polar surface area (TPSA) is 91.0 Å². The van der Waals surface area contributed by atoms with E-state index < -0.39 is 0 Å². The van der Waals surface area contributed by atoms with Crippen molar-refractivity contribution in [3.05, 3.63) is 11.7 Å². The first-order valence-electron chi connectivity index (χ1n) is 5.55. The molecule has 2 saturated carbocycles. The fraction of sp³-hybridized carbons (Fsp3) is 0.800. The van der Waals surface area contributed by atoms with Crippen LogP contribution in [0, 0.1) is 0 Å². The molecule has 0 unspecified atom stereocenters. The molecule has 2 aliphatic rings. The summed E-state index contributed by atoms with van der Waals surface area (Å²) in [6.07, 6.45) is 6.06. The van der Waals surface area contributed by atoms with Gasteiger partial charge in [-0.1, -0.05) is 18.0 Å². The van der Waals surface area contributed by atoms with Gasteiger partial charge in [-0.2, -0.15) is 4.98 Å². The normalized spacial score (nSPS) is 26.8. The molecule has 5 heteroatoms.